The molecule has 0 heterocycles. The summed E-state index contributed by atoms with van der Waals surface area (Å²) in [5.74, 6) is 0. The molecule has 0 aliphatic heterocycles. The summed E-state index contributed by atoms with van der Waals surface area (Å²) in [6.07, 6.45) is 3.59. The number of benzene rings is 1. The van der Waals surface area contributed by atoms with Gasteiger partial charge < -0.3 is 15.5 Å². The van der Waals surface area contributed by atoms with Crippen molar-refractivity contribution in [3.8, 4) is 0 Å². The van der Waals surface area contributed by atoms with Gasteiger partial charge >= 0.3 is 0 Å². The molecule has 0 amide bonds. The number of nitrogens with one attached hydrogen (secondary N) is 1. The van der Waals surface area contributed by atoms with Crippen LogP contribution in [0.2, 0.25) is 0 Å². The summed E-state index contributed by atoms with van der Waals surface area (Å²) in [6, 6.07) is 10.5. The summed E-state index contributed by atoms with van der Waals surface area (Å²) in [4.78, 5) is 0. The lowest BCUT2D eigenvalue weighted by Crippen LogP contribution is -2.38. The van der Waals surface area contributed by atoms with Crippen molar-refractivity contribution in [3.05, 3.63) is 35.9 Å². The fourth-order valence-electron chi connectivity index (χ4n) is 2.47. The molecule has 0 aromatic heterocycles. The third-order valence-electron chi connectivity index (χ3n) is 3.52. The molecule has 0 bridgehead atoms. The van der Waals surface area contributed by atoms with Gasteiger partial charge in [0.2, 0.25) is 0 Å². The van der Waals surface area contributed by atoms with Crippen LogP contribution < -0.4 is 5.32 Å². The highest BCUT2D eigenvalue weighted by Gasteiger charge is 2.22. The molecule has 1 saturated carbocycles. The highest BCUT2D eigenvalue weighted by Crippen LogP contribution is 2.21. The average molecular weight is 235 g/mol. The molecule has 1 atom stereocenters. The Morgan fingerprint density at radius 3 is 2.35 bits per heavy atom. The van der Waals surface area contributed by atoms with Gasteiger partial charge in [-0.2, -0.15) is 0 Å². The lowest BCUT2D eigenvalue weighted by atomic mass is 9.92. The number of rotatable bonds is 4. The van der Waals surface area contributed by atoms with E-state index < -0.39 is 0 Å². The molecule has 17 heavy (non-hydrogen) atoms. The zero-order valence-corrected chi connectivity index (χ0v) is 10.0. The Morgan fingerprint density at radius 2 is 1.76 bits per heavy atom. The Balaban J connectivity index is 1.92. The minimum absolute atomic E-state index is 0.0106. The number of aliphatic hydroxyl groups excluding tert-OH is 2. The summed E-state index contributed by atoms with van der Waals surface area (Å²) in [7, 11) is 0. The highest BCUT2D eigenvalue weighted by molar-refractivity contribution is 5.19. The molecule has 3 nitrogen and oxygen atoms in total. The summed E-state index contributed by atoms with van der Waals surface area (Å²) in [6.45, 7) is 0.114. The lowest BCUT2D eigenvalue weighted by molar-refractivity contribution is 0.110. The number of aliphatic hydroxyl groups is 2. The zero-order chi connectivity index (χ0) is 12.1. The van der Waals surface area contributed by atoms with Crippen LogP contribution in [0.25, 0.3) is 0 Å². The van der Waals surface area contributed by atoms with Gasteiger partial charge in [-0.3, -0.25) is 0 Å². The molecule has 0 radical (unpaired) electrons. The van der Waals surface area contributed by atoms with Gasteiger partial charge in [0.1, 0.15) is 0 Å². The van der Waals surface area contributed by atoms with E-state index in [0.717, 1.165) is 31.2 Å². The van der Waals surface area contributed by atoms with E-state index in [4.69, 9.17) is 0 Å². The van der Waals surface area contributed by atoms with Crippen molar-refractivity contribution in [3.63, 3.8) is 0 Å². The van der Waals surface area contributed by atoms with E-state index >= 15 is 0 Å². The second-order valence-corrected chi connectivity index (χ2v) is 4.82. The molecule has 1 aliphatic carbocycles. The Labute approximate surface area is 102 Å². The smallest absolute Gasteiger partial charge is 0.0626 e. The van der Waals surface area contributed by atoms with Crippen molar-refractivity contribution < 1.29 is 10.2 Å². The van der Waals surface area contributed by atoms with Crippen LogP contribution in [0.4, 0.5) is 0 Å². The van der Waals surface area contributed by atoms with Gasteiger partial charge in [-0.15, -0.1) is 0 Å². The minimum Gasteiger partial charge on any atom is -0.394 e. The Kier molecular flexibility index (Phi) is 4.54. The average Bonchev–Trinajstić information content (AvgIpc) is 2.39. The molecular formula is C14H21NO2. The molecule has 1 aromatic rings. The normalized spacial score (nSPS) is 26.7. The predicted molar refractivity (Wildman–Crippen MR) is 67.7 cm³/mol. The largest absolute Gasteiger partial charge is 0.394 e. The fourth-order valence-corrected chi connectivity index (χ4v) is 2.47. The first kappa shape index (κ1) is 12.6. The molecule has 3 heteroatoms. The predicted octanol–water partition coefficient (Wildman–Crippen LogP) is 1.61. The molecule has 0 spiro atoms. The topological polar surface area (TPSA) is 52.5 Å². The molecule has 0 saturated heterocycles. The van der Waals surface area contributed by atoms with E-state index in [9.17, 15) is 10.2 Å². The van der Waals surface area contributed by atoms with Gasteiger partial charge in [0.25, 0.3) is 0 Å². The van der Waals surface area contributed by atoms with Gasteiger partial charge in [0, 0.05) is 6.04 Å². The van der Waals surface area contributed by atoms with E-state index in [2.05, 4.69) is 5.32 Å². The van der Waals surface area contributed by atoms with Crippen molar-refractivity contribution >= 4 is 0 Å². The lowest BCUT2D eigenvalue weighted by Gasteiger charge is -2.30. The third-order valence-corrected chi connectivity index (χ3v) is 3.52. The summed E-state index contributed by atoms with van der Waals surface area (Å²) < 4.78 is 0. The molecule has 1 aromatic carbocycles. The van der Waals surface area contributed by atoms with Gasteiger partial charge in [0.15, 0.2) is 0 Å². The van der Waals surface area contributed by atoms with Gasteiger partial charge in [-0.05, 0) is 31.2 Å². The number of hydrogen-bond acceptors (Lipinski definition) is 3. The fraction of sp³-hybridized carbons (Fsp3) is 0.571. The first-order valence-electron chi connectivity index (χ1n) is 6.39. The molecule has 1 fully saturated rings. The van der Waals surface area contributed by atoms with E-state index in [1.165, 1.54) is 0 Å². The van der Waals surface area contributed by atoms with Crippen LogP contribution in [0.5, 0.6) is 0 Å². The van der Waals surface area contributed by atoms with Crippen molar-refractivity contribution in [1.82, 2.24) is 5.32 Å². The second-order valence-electron chi connectivity index (χ2n) is 4.82. The molecule has 2 rings (SSSR count). The van der Waals surface area contributed by atoms with Gasteiger partial charge in [0.05, 0.1) is 18.8 Å². The van der Waals surface area contributed by atoms with Crippen molar-refractivity contribution in [1.29, 1.82) is 0 Å². The Morgan fingerprint density at radius 1 is 1.12 bits per heavy atom. The molecule has 1 aliphatic rings. The maximum Gasteiger partial charge on any atom is 0.0626 e. The van der Waals surface area contributed by atoms with E-state index in [1.54, 1.807) is 0 Å². The van der Waals surface area contributed by atoms with Gasteiger partial charge in [-0.1, -0.05) is 30.3 Å². The summed E-state index contributed by atoms with van der Waals surface area (Å²) >= 11 is 0. The second kappa shape index (κ2) is 6.15. The first-order chi connectivity index (χ1) is 8.29. The Hall–Kier alpha value is -0.900. The quantitative estimate of drug-likeness (QED) is 0.743. The highest BCUT2D eigenvalue weighted by atomic mass is 16.3. The first-order valence-corrected chi connectivity index (χ1v) is 6.39. The summed E-state index contributed by atoms with van der Waals surface area (Å²) in [5.41, 5.74) is 1.13. The maximum absolute atomic E-state index is 9.46. The molecule has 0 unspecified atom stereocenters. The van der Waals surface area contributed by atoms with Crippen LogP contribution in [0.15, 0.2) is 30.3 Å². The van der Waals surface area contributed by atoms with E-state index in [0.29, 0.717) is 6.04 Å². The van der Waals surface area contributed by atoms with E-state index in [1.807, 2.05) is 30.3 Å². The maximum atomic E-state index is 9.46. The van der Waals surface area contributed by atoms with Crippen molar-refractivity contribution in [2.75, 3.05) is 6.61 Å². The van der Waals surface area contributed by atoms with Gasteiger partial charge in [-0.25, -0.2) is 0 Å². The molecule has 94 valence electrons. The minimum atomic E-state index is -0.127. The van der Waals surface area contributed by atoms with E-state index in [-0.39, 0.29) is 18.8 Å². The van der Waals surface area contributed by atoms with Crippen LogP contribution >= 0.6 is 0 Å². The number of hydrogen-bond donors (Lipinski definition) is 3. The van der Waals surface area contributed by atoms with Crippen LogP contribution in [0.1, 0.15) is 37.3 Å². The third kappa shape index (κ3) is 3.53. The van der Waals surface area contributed by atoms with Crippen molar-refractivity contribution in [2.24, 2.45) is 0 Å². The SMILES string of the molecule is OC[C@H](NC1CCC(O)CC1)c1ccccc1. The molecule has 3 N–H and O–H groups in total. The summed E-state index contributed by atoms with van der Waals surface area (Å²) in [5, 5.41) is 22.4. The van der Waals surface area contributed by atoms with Crippen LogP contribution in [-0.2, 0) is 0 Å². The van der Waals surface area contributed by atoms with Crippen LogP contribution in [0.3, 0.4) is 0 Å². The standard InChI is InChI=1S/C14H21NO2/c16-10-14(11-4-2-1-3-5-11)15-12-6-8-13(17)9-7-12/h1-5,12-17H,6-10H2/t12?,13?,14-/m0/s1. The van der Waals surface area contributed by atoms with Crippen molar-refractivity contribution in [2.45, 2.75) is 43.9 Å². The van der Waals surface area contributed by atoms with Crippen LogP contribution in [-0.4, -0.2) is 29.0 Å². The molecular weight excluding hydrogens is 214 g/mol. The Bertz CT molecular complexity index is 320. The monoisotopic (exact) mass is 235 g/mol. The van der Waals surface area contributed by atoms with Crippen LogP contribution in [0, 0.1) is 0 Å². The zero-order valence-electron chi connectivity index (χ0n) is 10.0.